The second kappa shape index (κ2) is 7.71. The third kappa shape index (κ3) is 4.28. The molecule has 0 saturated carbocycles. The van der Waals surface area contributed by atoms with Crippen molar-refractivity contribution in [3.63, 3.8) is 0 Å². The van der Waals surface area contributed by atoms with Crippen LogP contribution in [0.4, 0.5) is 0 Å². The van der Waals surface area contributed by atoms with Gasteiger partial charge in [-0.15, -0.1) is 0 Å². The molecule has 1 heterocycles. The van der Waals surface area contributed by atoms with Gasteiger partial charge in [0.05, 0.1) is 11.9 Å². The van der Waals surface area contributed by atoms with E-state index in [1.54, 1.807) is 29.2 Å². The Hall–Kier alpha value is -1.44. The van der Waals surface area contributed by atoms with Crippen molar-refractivity contribution in [3.8, 4) is 0 Å². The number of hydrogen-bond donors (Lipinski definition) is 1. The molecule has 1 aliphatic heterocycles. The number of sulfonamides is 1. The molecule has 1 N–H and O–H groups in total. The second-order valence-corrected chi connectivity index (χ2v) is 7.36. The summed E-state index contributed by atoms with van der Waals surface area (Å²) in [6.45, 7) is 1.41. The lowest BCUT2D eigenvalue weighted by Crippen LogP contribution is -2.48. The molecule has 0 radical (unpaired) electrons. The maximum Gasteiger partial charge on any atom is 0.253 e. The van der Waals surface area contributed by atoms with E-state index in [0.29, 0.717) is 31.6 Å². The molecule has 1 saturated heterocycles. The van der Waals surface area contributed by atoms with Crippen LogP contribution in [0.5, 0.6) is 0 Å². The maximum atomic E-state index is 12.4. The highest BCUT2D eigenvalue weighted by Gasteiger charge is 2.32. The Kier molecular flexibility index (Phi) is 5.93. The number of piperidine rings is 1. The number of amides is 1. The second-order valence-electron chi connectivity index (χ2n) is 5.31. The van der Waals surface area contributed by atoms with Gasteiger partial charge in [0.25, 0.3) is 5.91 Å². The third-order valence-electron chi connectivity index (χ3n) is 3.73. The van der Waals surface area contributed by atoms with Gasteiger partial charge in [-0.25, -0.2) is 13.1 Å². The summed E-state index contributed by atoms with van der Waals surface area (Å²) in [7, 11) is -1.91. The van der Waals surface area contributed by atoms with Crippen LogP contribution in [0.15, 0.2) is 30.3 Å². The Bertz CT molecular complexity index is 589. The molecule has 1 aromatic carbocycles. The van der Waals surface area contributed by atoms with Crippen LogP contribution in [0.3, 0.4) is 0 Å². The number of carbonyl (C=O) groups excluding carboxylic acids is 1. The van der Waals surface area contributed by atoms with Crippen LogP contribution in [0.2, 0.25) is 0 Å². The van der Waals surface area contributed by atoms with Crippen molar-refractivity contribution in [2.24, 2.45) is 0 Å². The lowest BCUT2D eigenvalue weighted by atomic mass is 10.1. The number of nitrogens with one attached hydrogen (secondary N) is 1. The van der Waals surface area contributed by atoms with Gasteiger partial charge in [0.2, 0.25) is 10.0 Å². The zero-order valence-corrected chi connectivity index (χ0v) is 13.5. The van der Waals surface area contributed by atoms with Gasteiger partial charge in [0, 0.05) is 32.3 Å². The number of carbonyl (C=O) groups is 1. The van der Waals surface area contributed by atoms with E-state index in [1.165, 1.54) is 7.11 Å². The fraction of sp³-hybridized carbons (Fsp3) is 0.533. The molecular formula is C15H22N2O4S. The fourth-order valence-electron chi connectivity index (χ4n) is 2.54. The Morgan fingerprint density at radius 2 is 2.09 bits per heavy atom. The van der Waals surface area contributed by atoms with E-state index in [1.807, 2.05) is 6.07 Å². The van der Waals surface area contributed by atoms with Gasteiger partial charge in [-0.3, -0.25) is 4.79 Å². The summed E-state index contributed by atoms with van der Waals surface area (Å²) in [5.74, 6) is -0.114. The summed E-state index contributed by atoms with van der Waals surface area (Å²) < 4.78 is 31.9. The molecule has 7 heteroatoms. The van der Waals surface area contributed by atoms with E-state index in [0.717, 1.165) is 0 Å². The largest absolute Gasteiger partial charge is 0.383 e. The van der Waals surface area contributed by atoms with E-state index < -0.39 is 15.3 Å². The zero-order chi connectivity index (χ0) is 16.0. The molecule has 122 valence electrons. The summed E-state index contributed by atoms with van der Waals surface area (Å²) in [6, 6.07) is 8.95. The predicted molar refractivity (Wildman–Crippen MR) is 84.2 cm³/mol. The molecule has 6 nitrogen and oxygen atoms in total. The van der Waals surface area contributed by atoms with Crippen molar-refractivity contribution in [1.29, 1.82) is 0 Å². The molecule has 1 unspecified atom stereocenters. The monoisotopic (exact) mass is 326 g/mol. The molecule has 0 aliphatic carbocycles. The minimum absolute atomic E-state index is 0.114. The summed E-state index contributed by atoms with van der Waals surface area (Å²) in [4.78, 5) is 14.0. The average Bonchev–Trinajstić information content (AvgIpc) is 2.55. The van der Waals surface area contributed by atoms with E-state index in [4.69, 9.17) is 4.74 Å². The predicted octanol–water partition coefficient (Wildman–Crippen LogP) is 0.857. The summed E-state index contributed by atoms with van der Waals surface area (Å²) in [6.07, 6.45) is 1.26. The summed E-state index contributed by atoms with van der Waals surface area (Å²) >= 11 is 0. The third-order valence-corrected chi connectivity index (χ3v) is 5.60. The van der Waals surface area contributed by atoms with Crippen LogP contribution in [0, 0.1) is 0 Å². The standard InChI is InChI=1S/C15H22N2O4S/c1-21-11-9-16-22(19,20)14-8-5-10-17(12-14)15(18)13-6-3-2-4-7-13/h2-4,6-7,14,16H,5,8-12H2,1H3. The molecule has 1 aliphatic rings. The fourth-order valence-corrected chi connectivity index (χ4v) is 4.00. The Balaban J connectivity index is 2.01. The topological polar surface area (TPSA) is 75.7 Å². The molecule has 0 spiro atoms. The number of hydrogen-bond acceptors (Lipinski definition) is 4. The Morgan fingerprint density at radius 3 is 2.77 bits per heavy atom. The molecule has 1 aromatic rings. The highest BCUT2D eigenvalue weighted by atomic mass is 32.2. The first-order valence-electron chi connectivity index (χ1n) is 7.36. The van der Waals surface area contributed by atoms with Gasteiger partial charge in [-0.05, 0) is 25.0 Å². The minimum atomic E-state index is -3.43. The zero-order valence-electron chi connectivity index (χ0n) is 12.7. The number of ether oxygens (including phenoxy) is 1. The van der Waals surface area contributed by atoms with E-state index in [2.05, 4.69) is 4.72 Å². The number of likely N-dealkylation sites (tertiary alicyclic amines) is 1. The smallest absolute Gasteiger partial charge is 0.253 e. The Morgan fingerprint density at radius 1 is 1.36 bits per heavy atom. The van der Waals surface area contributed by atoms with Crippen molar-refractivity contribution in [3.05, 3.63) is 35.9 Å². The van der Waals surface area contributed by atoms with E-state index in [9.17, 15) is 13.2 Å². The molecule has 22 heavy (non-hydrogen) atoms. The number of nitrogens with zero attached hydrogens (tertiary/aromatic N) is 1. The highest BCUT2D eigenvalue weighted by molar-refractivity contribution is 7.90. The Labute approximate surface area is 131 Å². The first kappa shape index (κ1) is 16.9. The summed E-state index contributed by atoms with van der Waals surface area (Å²) in [5, 5.41) is -0.564. The van der Waals surface area contributed by atoms with Crippen LogP contribution in [0.25, 0.3) is 0 Å². The first-order chi connectivity index (χ1) is 10.5. The molecule has 1 atom stereocenters. The van der Waals surface area contributed by atoms with Crippen LogP contribution in [-0.2, 0) is 14.8 Å². The molecule has 0 bridgehead atoms. The molecule has 2 rings (SSSR count). The van der Waals surface area contributed by atoms with Gasteiger partial charge in [0.1, 0.15) is 0 Å². The van der Waals surface area contributed by atoms with Crippen molar-refractivity contribution < 1.29 is 17.9 Å². The molecule has 1 fully saturated rings. The van der Waals surface area contributed by atoms with Crippen molar-refractivity contribution in [1.82, 2.24) is 9.62 Å². The normalized spacial score (nSPS) is 19.1. The van der Waals surface area contributed by atoms with Gasteiger partial charge in [-0.2, -0.15) is 0 Å². The van der Waals surface area contributed by atoms with E-state index >= 15 is 0 Å². The van der Waals surface area contributed by atoms with Crippen molar-refractivity contribution >= 4 is 15.9 Å². The molecular weight excluding hydrogens is 304 g/mol. The van der Waals surface area contributed by atoms with Crippen LogP contribution >= 0.6 is 0 Å². The van der Waals surface area contributed by atoms with Gasteiger partial charge in [0.15, 0.2) is 0 Å². The average molecular weight is 326 g/mol. The molecule has 0 aromatic heterocycles. The molecule has 1 amide bonds. The first-order valence-corrected chi connectivity index (χ1v) is 8.91. The SMILES string of the molecule is COCCNS(=O)(=O)C1CCCN(C(=O)c2ccccc2)C1. The number of rotatable bonds is 6. The van der Waals surface area contributed by atoms with Gasteiger partial charge < -0.3 is 9.64 Å². The van der Waals surface area contributed by atoms with Gasteiger partial charge in [-0.1, -0.05) is 18.2 Å². The van der Waals surface area contributed by atoms with Gasteiger partial charge >= 0.3 is 0 Å². The number of methoxy groups -OCH3 is 1. The van der Waals surface area contributed by atoms with Crippen LogP contribution in [0.1, 0.15) is 23.2 Å². The van der Waals surface area contributed by atoms with E-state index in [-0.39, 0.29) is 19.0 Å². The quantitative estimate of drug-likeness (QED) is 0.787. The lowest BCUT2D eigenvalue weighted by molar-refractivity contribution is 0.0726. The lowest BCUT2D eigenvalue weighted by Gasteiger charge is -2.32. The minimum Gasteiger partial charge on any atom is -0.383 e. The maximum absolute atomic E-state index is 12.4. The summed E-state index contributed by atoms with van der Waals surface area (Å²) in [5.41, 5.74) is 0.591. The highest BCUT2D eigenvalue weighted by Crippen LogP contribution is 2.18. The van der Waals surface area contributed by atoms with Crippen LogP contribution in [-0.4, -0.2) is 57.8 Å². The number of benzene rings is 1. The van der Waals surface area contributed by atoms with Crippen LogP contribution < -0.4 is 4.72 Å². The van der Waals surface area contributed by atoms with Crippen molar-refractivity contribution in [2.45, 2.75) is 18.1 Å². The van der Waals surface area contributed by atoms with Crippen molar-refractivity contribution in [2.75, 3.05) is 33.4 Å².